The van der Waals surface area contributed by atoms with E-state index >= 15 is 0 Å². The van der Waals surface area contributed by atoms with E-state index in [-0.39, 0.29) is 5.97 Å². The summed E-state index contributed by atoms with van der Waals surface area (Å²) < 4.78 is 10.5. The van der Waals surface area contributed by atoms with Crippen LogP contribution in [0.2, 0.25) is 0 Å². The number of hydrogen-bond acceptors (Lipinski definition) is 4. The number of pyridine rings is 1. The molecule has 0 unspecified atom stereocenters. The van der Waals surface area contributed by atoms with Crippen molar-refractivity contribution < 1.29 is 14.3 Å². The molecule has 0 amide bonds. The molecule has 1 heterocycles. The molecule has 0 aliphatic heterocycles. The van der Waals surface area contributed by atoms with Crippen LogP contribution in [0.4, 0.5) is 0 Å². The fourth-order valence-corrected chi connectivity index (χ4v) is 1.38. The van der Waals surface area contributed by atoms with Gasteiger partial charge in [0.05, 0.1) is 0 Å². The molecule has 4 heteroatoms. The topological polar surface area (TPSA) is 48.4 Å². The Morgan fingerprint density at radius 2 is 1.72 bits per heavy atom. The van der Waals surface area contributed by atoms with Crippen molar-refractivity contribution >= 4 is 5.97 Å². The van der Waals surface area contributed by atoms with Gasteiger partial charge < -0.3 is 9.47 Å². The van der Waals surface area contributed by atoms with Crippen LogP contribution in [0.5, 0.6) is 17.4 Å². The van der Waals surface area contributed by atoms with Gasteiger partial charge in [0.1, 0.15) is 11.5 Å². The highest BCUT2D eigenvalue weighted by Crippen LogP contribution is 2.22. The molecule has 2 rings (SSSR count). The van der Waals surface area contributed by atoms with Crippen LogP contribution < -0.4 is 9.47 Å². The van der Waals surface area contributed by atoms with E-state index in [1.807, 2.05) is 13.0 Å². The molecule has 18 heavy (non-hydrogen) atoms. The molecule has 1 aromatic heterocycles. The van der Waals surface area contributed by atoms with Crippen LogP contribution in [0.1, 0.15) is 12.5 Å². The Balaban J connectivity index is 2.06. The van der Waals surface area contributed by atoms with Crippen molar-refractivity contribution in [3.05, 3.63) is 48.2 Å². The maximum Gasteiger partial charge on any atom is 0.308 e. The van der Waals surface area contributed by atoms with Crippen molar-refractivity contribution in [3.8, 4) is 17.4 Å². The van der Waals surface area contributed by atoms with Gasteiger partial charge in [0.15, 0.2) is 0 Å². The van der Waals surface area contributed by atoms with E-state index in [1.165, 1.54) is 6.92 Å². The Hall–Kier alpha value is -2.36. The van der Waals surface area contributed by atoms with Gasteiger partial charge in [-0.15, -0.1) is 0 Å². The van der Waals surface area contributed by atoms with E-state index in [0.29, 0.717) is 17.4 Å². The lowest BCUT2D eigenvalue weighted by Crippen LogP contribution is -2.00. The van der Waals surface area contributed by atoms with Gasteiger partial charge in [-0.1, -0.05) is 6.07 Å². The standard InChI is InChI=1S/C14H13NO3/c1-10-3-8-14(15-9-10)18-13-6-4-12(5-7-13)17-11(2)16/h3-9H,1-2H3. The van der Waals surface area contributed by atoms with Gasteiger partial charge in [0.25, 0.3) is 0 Å². The largest absolute Gasteiger partial charge is 0.439 e. The van der Waals surface area contributed by atoms with Crippen molar-refractivity contribution in [2.75, 3.05) is 0 Å². The minimum atomic E-state index is -0.344. The number of rotatable bonds is 3. The first-order chi connectivity index (χ1) is 8.63. The average molecular weight is 243 g/mol. The van der Waals surface area contributed by atoms with Crippen LogP contribution in [-0.2, 0) is 4.79 Å². The summed E-state index contributed by atoms with van der Waals surface area (Å²) in [6.45, 7) is 3.32. The average Bonchev–Trinajstić information content (AvgIpc) is 2.34. The number of aryl methyl sites for hydroxylation is 1. The third-order valence-corrected chi connectivity index (χ3v) is 2.19. The molecule has 0 aliphatic rings. The van der Waals surface area contributed by atoms with E-state index in [0.717, 1.165) is 5.56 Å². The van der Waals surface area contributed by atoms with E-state index < -0.39 is 0 Å². The number of ether oxygens (including phenoxy) is 2. The summed E-state index contributed by atoms with van der Waals surface area (Å²) in [5, 5.41) is 0. The van der Waals surface area contributed by atoms with Crippen molar-refractivity contribution in [3.63, 3.8) is 0 Å². The maximum atomic E-state index is 10.8. The number of esters is 1. The Kier molecular flexibility index (Phi) is 3.57. The third kappa shape index (κ3) is 3.31. The summed E-state index contributed by atoms with van der Waals surface area (Å²) >= 11 is 0. The Bertz CT molecular complexity index is 532. The highest BCUT2D eigenvalue weighted by molar-refractivity contribution is 5.69. The minimum Gasteiger partial charge on any atom is -0.439 e. The Morgan fingerprint density at radius 1 is 1.06 bits per heavy atom. The monoisotopic (exact) mass is 243 g/mol. The predicted molar refractivity (Wildman–Crippen MR) is 66.8 cm³/mol. The van der Waals surface area contributed by atoms with Gasteiger partial charge in [-0.25, -0.2) is 4.98 Å². The molecule has 92 valence electrons. The molecule has 0 atom stereocenters. The van der Waals surface area contributed by atoms with Gasteiger partial charge in [0.2, 0.25) is 5.88 Å². The lowest BCUT2D eigenvalue weighted by molar-refractivity contribution is -0.131. The van der Waals surface area contributed by atoms with Gasteiger partial charge in [-0.05, 0) is 36.8 Å². The van der Waals surface area contributed by atoms with Crippen molar-refractivity contribution in [2.24, 2.45) is 0 Å². The van der Waals surface area contributed by atoms with Crippen LogP contribution in [-0.4, -0.2) is 11.0 Å². The lowest BCUT2D eigenvalue weighted by Gasteiger charge is -2.06. The van der Waals surface area contributed by atoms with Crippen LogP contribution in [0.3, 0.4) is 0 Å². The molecule has 0 N–H and O–H groups in total. The smallest absolute Gasteiger partial charge is 0.308 e. The van der Waals surface area contributed by atoms with Crippen molar-refractivity contribution in [2.45, 2.75) is 13.8 Å². The first-order valence-corrected chi connectivity index (χ1v) is 5.52. The van der Waals surface area contributed by atoms with Gasteiger partial charge in [-0.2, -0.15) is 0 Å². The number of aromatic nitrogens is 1. The number of benzene rings is 1. The SMILES string of the molecule is CC(=O)Oc1ccc(Oc2ccc(C)cn2)cc1. The lowest BCUT2D eigenvalue weighted by atomic mass is 10.3. The number of hydrogen-bond donors (Lipinski definition) is 0. The molecule has 0 saturated heterocycles. The second-order valence-electron chi connectivity index (χ2n) is 3.84. The van der Waals surface area contributed by atoms with Crippen molar-refractivity contribution in [1.29, 1.82) is 0 Å². The van der Waals surface area contributed by atoms with Crippen LogP contribution >= 0.6 is 0 Å². The third-order valence-electron chi connectivity index (χ3n) is 2.19. The molecule has 0 bridgehead atoms. The fourth-order valence-electron chi connectivity index (χ4n) is 1.38. The van der Waals surface area contributed by atoms with E-state index in [1.54, 1.807) is 36.5 Å². The quantitative estimate of drug-likeness (QED) is 0.614. The first-order valence-electron chi connectivity index (χ1n) is 5.52. The molecular weight excluding hydrogens is 230 g/mol. The van der Waals surface area contributed by atoms with Gasteiger partial charge >= 0.3 is 5.97 Å². The summed E-state index contributed by atoms with van der Waals surface area (Å²) in [5.74, 6) is 1.32. The fraction of sp³-hybridized carbons (Fsp3) is 0.143. The second-order valence-corrected chi connectivity index (χ2v) is 3.84. The molecule has 2 aromatic rings. The van der Waals surface area contributed by atoms with Gasteiger partial charge in [0, 0.05) is 19.2 Å². The van der Waals surface area contributed by atoms with Crippen molar-refractivity contribution in [1.82, 2.24) is 4.98 Å². The summed E-state index contributed by atoms with van der Waals surface area (Å²) in [7, 11) is 0. The highest BCUT2D eigenvalue weighted by Gasteiger charge is 2.01. The zero-order valence-corrected chi connectivity index (χ0v) is 10.2. The maximum absolute atomic E-state index is 10.8. The number of carbonyl (C=O) groups excluding carboxylic acids is 1. The highest BCUT2D eigenvalue weighted by atomic mass is 16.5. The second kappa shape index (κ2) is 5.31. The molecular formula is C14H13NO3. The zero-order valence-electron chi connectivity index (χ0n) is 10.2. The van der Waals surface area contributed by atoms with E-state index in [9.17, 15) is 4.79 Å². The predicted octanol–water partition coefficient (Wildman–Crippen LogP) is 3.11. The molecule has 1 aromatic carbocycles. The number of carbonyl (C=O) groups is 1. The normalized spacial score (nSPS) is 9.89. The molecule has 4 nitrogen and oxygen atoms in total. The van der Waals surface area contributed by atoms with Crippen LogP contribution in [0, 0.1) is 6.92 Å². The van der Waals surface area contributed by atoms with Crippen LogP contribution in [0.25, 0.3) is 0 Å². The summed E-state index contributed by atoms with van der Waals surface area (Å²) in [4.78, 5) is 14.9. The molecule has 0 saturated carbocycles. The summed E-state index contributed by atoms with van der Waals surface area (Å²) in [6, 6.07) is 10.5. The molecule has 0 spiro atoms. The number of nitrogens with zero attached hydrogens (tertiary/aromatic N) is 1. The molecule has 0 radical (unpaired) electrons. The van der Waals surface area contributed by atoms with Gasteiger partial charge in [-0.3, -0.25) is 4.79 Å². The minimum absolute atomic E-state index is 0.344. The Morgan fingerprint density at radius 3 is 2.28 bits per heavy atom. The van der Waals surface area contributed by atoms with E-state index in [4.69, 9.17) is 9.47 Å². The summed E-state index contributed by atoms with van der Waals surface area (Å²) in [5.41, 5.74) is 1.08. The zero-order chi connectivity index (χ0) is 13.0. The summed E-state index contributed by atoms with van der Waals surface area (Å²) in [6.07, 6.45) is 1.74. The van der Waals surface area contributed by atoms with E-state index in [2.05, 4.69) is 4.98 Å². The molecule has 0 fully saturated rings. The Labute approximate surface area is 105 Å². The molecule has 0 aliphatic carbocycles. The van der Waals surface area contributed by atoms with Crippen LogP contribution in [0.15, 0.2) is 42.6 Å². The first kappa shape index (κ1) is 12.1.